The van der Waals surface area contributed by atoms with Crippen LogP contribution in [0.25, 0.3) is 0 Å². The smallest absolute Gasteiger partial charge is 0.243 e. The number of halogens is 2. The molecule has 0 heterocycles. The molecule has 5 nitrogen and oxygen atoms in total. The summed E-state index contributed by atoms with van der Waals surface area (Å²) in [6.45, 7) is 3.15. The SMILES string of the molecule is CCCCNC(=O)C(Cc1ccccc1)N(Cc1c(Cl)cccc1Cl)C(=O)CCCOc1ccccc1. The number of carbonyl (C=O) groups is 2. The van der Waals surface area contributed by atoms with E-state index in [9.17, 15) is 9.59 Å². The Kier molecular flexibility index (Phi) is 11.8. The molecule has 2 amide bonds. The molecule has 1 unspecified atom stereocenters. The van der Waals surface area contributed by atoms with E-state index in [1.54, 1.807) is 23.1 Å². The molecular weight excluding hydrogens is 507 g/mol. The van der Waals surface area contributed by atoms with Crippen LogP contribution in [0.1, 0.15) is 43.7 Å². The van der Waals surface area contributed by atoms with Crippen molar-refractivity contribution in [1.82, 2.24) is 10.2 Å². The zero-order valence-corrected chi connectivity index (χ0v) is 22.7. The molecule has 0 saturated carbocycles. The monoisotopic (exact) mass is 540 g/mol. The fourth-order valence-corrected chi connectivity index (χ4v) is 4.50. The quantitative estimate of drug-likeness (QED) is 0.231. The van der Waals surface area contributed by atoms with Crippen LogP contribution in [0.4, 0.5) is 0 Å². The number of hydrogen-bond acceptors (Lipinski definition) is 3. The van der Waals surface area contributed by atoms with Crippen LogP contribution >= 0.6 is 23.2 Å². The van der Waals surface area contributed by atoms with Gasteiger partial charge in [0.05, 0.1) is 6.61 Å². The van der Waals surface area contributed by atoms with Crippen LogP contribution in [-0.4, -0.2) is 35.9 Å². The van der Waals surface area contributed by atoms with Gasteiger partial charge in [0.1, 0.15) is 11.8 Å². The Bertz CT molecular complexity index is 1110. The van der Waals surface area contributed by atoms with Crippen LogP contribution in [0.15, 0.2) is 78.9 Å². The predicted octanol–water partition coefficient (Wildman–Crippen LogP) is 6.71. The summed E-state index contributed by atoms with van der Waals surface area (Å²) in [7, 11) is 0. The minimum atomic E-state index is -0.714. The van der Waals surface area contributed by atoms with Gasteiger partial charge in [-0.05, 0) is 42.7 Å². The lowest BCUT2D eigenvalue weighted by Crippen LogP contribution is -2.50. The van der Waals surface area contributed by atoms with Gasteiger partial charge in [0.25, 0.3) is 0 Å². The fourth-order valence-electron chi connectivity index (χ4n) is 3.99. The van der Waals surface area contributed by atoms with E-state index < -0.39 is 6.04 Å². The molecule has 0 aliphatic carbocycles. The zero-order chi connectivity index (χ0) is 26.5. The normalized spacial score (nSPS) is 11.5. The lowest BCUT2D eigenvalue weighted by Gasteiger charge is -2.32. The molecule has 7 heteroatoms. The van der Waals surface area contributed by atoms with Gasteiger partial charge in [-0.15, -0.1) is 0 Å². The summed E-state index contributed by atoms with van der Waals surface area (Å²) in [6, 6.07) is 23.7. The fraction of sp³-hybridized carbons (Fsp3) is 0.333. The van der Waals surface area contributed by atoms with Crippen LogP contribution in [0.2, 0.25) is 10.0 Å². The molecule has 0 radical (unpaired) electrons. The van der Waals surface area contributed by atoms with Crippen LogP contribution in [0.3, 0.4) is 0 Å². The summed E-state index contributed by atoms with van der Waals surface area (Å²) in [5, 5.41) is 3.94. The molecule has 0 saturated heterocycles. The molecule has 0 aliphatic heterocycles. The molecule has 0 fully saturated rings. The van der Waals surface area contributed by atoms with Crippen LogP contribution in [0.5, 0.6) is 5.75 Å². The maximum Gasteiger partial charge on any atom is 0.243 e. The number of carbonyl (C=O) groups excluding carboxylic acids is 2. The zero-order valence-electron chi connectivity index (χ0n) is 21.2. The van der Waals surface area contributed by atoms with E-state index in [4.69, 9.17) is 27.9 Å². The van der Waals surface area contributed by atoms with E-state index in [2.05, 4.69) is 12.2 Å². The molecular formula is C30H34Cl2N2O3. The third-order valence-corrected chi connectivity index (χ3v) is 6.75. The molecule has 1 N–H and O–H groups in total. The van der Waals surface area contributed by atoms with Crippen LogP contribution < -0.4 is 10.1 Å². The Labute approximate surface area is 229 Å². The van der Waals surface area contributed by atoms with Crippen molar-refractivity contribution in [1.29, 1.82) is 0 Å². The Balaban J connectivity index is 1.83. The average molecular weight is 542 g/mol. The lowest BCUT2D eigenvalue weighted by atomic mass is 10.0. The second-order valence-corrected chi connectivity index (χ2v) is 9.65. The third-order valence-electron chi connectivity index (χ3n) is 6.04. The molecule has 0 spiro atoms. The van der Waals surface area contributed by atoms with Gasteiger partial charge < -0.3 is 15.0 Å². The van der Waals surface area contributed by atoms with Gasteiger partial charge in [0, 0.05) is 41.5 Å². The molecule has 0 aliphatic rings. The van der Waals surface area contributed by atoms with Gasteiger partial charge in [0.2, 0.25) is 11.8 Å². The van der Waals surface area contributed by atoms with Gasteiger partial charge in [-0.3, -0.25) is 9.59 Å². The minimum absolute atomic E-state index is 0.135. The summed E-state index contributed by atoms with van der Waals surface area (Å²) >= 11 is 13.0. The van der Waals surface area contributed by atoms with E-state index in [1.807, 2.05) is 60.7 Å². The van der Waals surface area contributed by atoms with Gasteiger partial charge in [-0.2, -0.15) is 0 Å². The van der Waals surface area contributed by atoms with Crippen molar-refractivity contribution in [3.8, 4) is 5.75 Å². The van der Waals surface area contributed by atoms with Crippen LogP contribution in [-0.2, 0) is 22.6 Å². The topological polar surface area (TPSA) is 58.6 Å². The second-order valence-electron chi connectivity index (χ2n) is 8.84. The molecule has 0 bridgehead atoms. The van der Waals surface area contributed by atoms with E-state index >= 15 is 0 Å². The molecule has 0 aromatic heterocycles. The first-order chi connectivity index (χ1) is 18.0. The predicted molar refractivity (Wildman–Crippen MR) is 150 cm³/mol. The number of benzene rings is 3. The minimum Gasteiger partial charge on any atom is -0.494 e. The van der Waals surface area contributed by atoms with Crippen molar-refractivity contribution in [2.24, 2.45) is 0 Å². The molecule has 3 aromatic rings. The first-order valence-electron chi connectivity index (χ1n) is 12.7. The van der Waals surface area contributed by atoms with E-state index in [0.29, 0.717) is 41.6 Å². The van der Waals surface area contributed by atoms with Crippen molar-refractivity contribution in [3.63, 3.8) is 0 Å². The largest absolute Gasteiger partial charge is 0.494 e. The summed E-state index contributed by atoms with van der Waals surface area (Å²) in [5.41, 5.74) is 1.59. The van der Waals surface area contributed by atoms with Crippen molar-refractivity contribution in [2.45, 2.75) is 51.6 Å². The summed E-state index contributed by atoms with van der Waals surface area (Å²) in [4.78, 5) is 28.7. The number of hydrogen-bond donors (Lipinski definition) is 1. The lowest BCUT2D eigenvalue weighted by molar-refractivity contribution is -0.141. The van der Waals surface area contributed by atoms with Gasteiger partial charge >= 0.3 is 0 Å². The Morgan fingerprint density at radius 2 is 1.54 bits per heavy atom. The van der Waals surface area contributed by atoms with E-state index in [-0.39, 0.29) is 24.8 Å². The molecule has 37 heavy (non-hydrogen) atoms. The third kappa shape index (κ3) is 9.10. The van der Waals surface area contributed by atoms with E-state index in [1.165, 1.54) is 0 Å². The number of amides is 2. The highest BCUT2D eigenvalue weighted by molar-refractivity contribution is 6.36. The Morgan fingerprint density at radius 1 is 0.892 bits per heavy atom. The molecule has 3 rings (SSSR count). The Morgan fingerprint density at radius 3 is 2.19 bits per heavy atom. The van der Waals surface area contributed by atoms with Crippen molar-refractivity contribution >= 4 is 35.0 Å². The number of unbranched alkanes of at least 4 members (excludes halogenated alkanes) is 1. The molecule has 1 atom stereocenters. The number of nitrogens with zero attached hydrogens (tertiary/aromatic N) is 1. The highest BCUT2D eigenvalue weighted by atomic mass is 35.5. The highest BCUT2D eigenvalue weighted by Crippen LogP contribution is 2.27. The molecule has 196 valence electrons. The van der Waals surface area contributed by atoms with Crippen molar-refractivity contribution < 1.29 is 14.3 Å². The number of rotatable bonds is 14. The maximum absolute atomic E-state index is 13.7. The number of ether oxygens (including phenoxy) is 1. The van der Waals surface area contributed by atoms with Crippen molar-refractivity contribution in [3.05, 3.63) is 100 Å². The van der Waals surface area contributed by atoms with Crippen LogP contribution in [0, 0.1) is 0 Å². The van der Waals surface area contributed by atoms with Crippen molar-refractivity contribution in [2.75, 3.05) is 13.2 Å². The number of nitrogens with one attached hydrogen (secondary N) is 1. The van der Waals surface area contributed by atoms with Gasteiger partial charge in [0.15, 0.2) is 0 Å². The standard InChI is InChI=1S/C30H34Cl2N2O3/c1-2-3-19-33-30(36)28(21-23-12-6-4-7-13-23)34(22-25-26(31)16-10-17-27(25)32)29(35)18-11-20-37-24-14-8-5-9-15-24/h4-10,12-17,28H,2-3,11,18-22H2,1H3,(H,33,36). The summed E-state index contributed by atoms with van der Waals surface area (Å²) in [5.74, 6) is 0.417. The molecule has 3 aromatic carbocycles. The highest BCUT2D eigenvalue weighted by Gasteiger charge is 2.31. The van der Waals surface area contributed by atoms with Gasteiger partial charge in [-0.1, -0.05) is 91.1 Å². The van der Waals surface area contributed by atoms with E-state index in [0.717, 1.165) is 24.2 Å². The Hall–Kier alpha value is -3.02. The summed E-state index contributed by atoms with van der Waals surface area (Å²) < 4.78 is 5.77. The first kappa shape index (κ1) is 28.5. The van der Waals surface area contributed by atoms with Gasteiger partial charge in [-0.25, -0.2) is 0 Å². The average Bonchev–Trinajstić information content (AvgIpc) is 2.91. The first-order valence-corrected chi connectivity index (χ1v) is 13.5. The maximum atomic E-state index is 13.7. The summed E-state index contributed by atoms with van der Waals surface area (Å²) in [6.07, 6.45) is 2.94. The number of para-hydroxylation sites is 1. The second kappa shape index (κ2) is 15.3.